The highest BCUT2D eigenvalue weighted by molar-refractivity contribution is 5.35. The SMILES string of the molecule is CCCCCCCCOc1ccccc1C(C)NCCCc1ccccc1. The van der Waals surface area contributed by atoms with Gasteiger partial charge >= 0.3 is 0 Å². The first kappa shape index (κ1) is 21.5. The molecule has 0 aromatic heterocycles. The average Bonchev–Trinajstić information content (AvgIpc) is 2.71. The first-order valence-electron chi connectivity index (χ1n) is 10.8. The minimum absolute atomic E-state index is 0.307. The molecule has 2 heteroatoms. The summed E-state index contributed by atoms with van der Waals surface area (Å²) in [6.45, 7) is 6.33. The summed E-state index contributed by atoms with van der Waals surface area (Å²) >= 11 is 0. The number of para-hydroxylation sites is 1. The molecule has 1 unspecified atom stereocenters. The van der Waals surface area contributed by atoms with E-state index in [1.807, 2.05) is 0 Å². The van der Waals surface area contributed by atoms with Crippen LogP contribution in [0.5, 0.6) is 5.75 Å². The van der Waals surface area contributed by atoms with Crippen LogP contribution in [0.1, 0.15) is 76.0 Å². The Hall–Kier alpha value is -1.80. The van der Waals surface area contributed by atoms with Crippen molar-refractivity contribution < 1.29 is 4.74 Å². The number of hydrogen-bond donors (Lipinski definition) is 1. The smallest absolute Gasteiger partial charge is 0.124 e. The van der Waals surface area contributed by atoms with Crippen LogP contribution in [0.2, 0.25) is 0 Å². The van der Waals surface area contributed by atoms with Crippen molar-refractivity contribution in [2.75, 3.05) is 13.2 Å². The van der Waals surface area contributed by atoms with Gasteiger partial charge in [-0.1, -0.05) is 87.6 Å². The normalized spacial score (nSPS) is 12.1. The van der Waals surface area contributed by atoms with Crippen molar-refractivity contribution in [2.45, 2.75) is 71.3 Å². The molecule has 0 saturated heterocycles. The Bertz CT molecular complexity index is 611. The lowest BCUT2D eigenvalue weighted by Gasteiger charge is -2.18. The summed E-state index contributed by atoms with van der Waals surface area (Å²) in [4.78, 5) is 0. The number of benzene rings is 2. The second kappa shape index (κ2) is 13.4. The van der Waals surface area contributed by atoms with Crippen molar-refractivity contribution in [1.82, 2.24) is 5.32 Å². The predicted molar refractivity (Wildman–Crippen MR) is 116 cm³/mol. The van der Waals surface area contributed by atoms with E-state index < -0.39 is 0 Å². The Balaban J connectivity index is 1.69. The Morgan fingerprint density at radius 2 is 1.52 bits per heavy atom. The van der Waals surface area contributed by atoms with Crippen molar-refractivity contribution in [2.24, 2.45) is 0 Å². The van der Waals surface area contributed by atoms with Gasteiger partial charge in [-0.05, 0) is 44.4 Å². The van der Waals surface area contributed by atoms with Crippen LogP contribution in [0.15, 0.2) is 54.6 Å². The molecule has 2 aromatic carbocycles. The van der Waals surface area contributed by atoms with Gasteiger partial charge in [0, 0.05) is 11.6 Å². The fourth-order valence-corrected chi connectivity index (χ4v) is 3.40. The van der Waals surface area contributed by atoms with Crippen LogP contribution in [0.4, 0.5) is 0 Å². The quantitative estimate of drug-likeness (QED) is 0.375. The minimum Gasteiger partial charge on any atom is -0.493 e. The zero-order valence-corrected chi connectivity index (χ0v) is 17.3. The van der Waals surface area contributed by atoms with E-state index in [0.29, 0.717) is 6.04 Å². The molecule has 0 aliphatic carbocycles. The Labute approximate surface area is 166 Å². The maximum Gasteiger partial charge on any atom is 0.124 e. The largest absolute Gasteiger partial charge is 0.493 e. The third-order valence-corrected chi connectivity index (χ3v) is 5.08. The predicted octanol–water partition coefficient (Wildman–Crippen LogP) is 6.71. The van der Waals surface area contributed by atoms with Gasteiger partial charge in [0.15, 0.2) is 0 Å². The summed E-state index contributed by atoms with van der Waals surface area (Å²) < 4.78 is 6.10. The third kappa shape index (κ3) is 8.62. The number of rotatable bonds is 14. The monoisotopic (exact) mass is 367 g/mol. The second-order valence-electron chi connectivity index (χ2n) is 7.42. The minimum atomic E-state index is 0.307. The highest BCUT2D eigenvalue weighted by atomic mass is 16.5. The summed E-state index contributed by atoms with van der Waals surface area (Å²) in [5, 5.41) is 3.65. The molecule has 1 N–H and O–H groups in total. The molecule has 2 aromatic rings. The lowest BCUT2D eigenvalue weighted by atomic mass is 10.1. The van der Waals surface area contributed by atoms with Crippen LogP contribution in [0, 0.1) is 0 Å². The van der Waals surface area contributed by atoms with E-state index in [4.69, 9.17) is 4.74 Å². The van der Waals surface area contributed by atoms with Gasteiger partial charge in [0.2, 0.25) is 0 Å². The lowest BCUT2D eigenvalue weighted by Crippen LogP contribution is -2.21. The second-order valence-corrected chi connectivity index (χ2v) is 7.42. The highest BCUT2D eigenvalue weighted by Crippen LogP contribution is 2.25. The van der Waals surface area contributed by atoms with Crippen molar-refractivity contribution >= 4 is 0 Å². The lowest BCUT2D eigenvalue weighted by molar-refractivity contribution is 0.298. The first-order chi connectivity index (χ1) is 13.3. The van der Waals surface area contributed by atoms with E-state index in [9.17, 15) is 0 Å². The number of hydrogen-bond acceptors (Lipinski definition) is 2. The van der Waals surface area contributed by atoms with E-state index in [1.54, 1.807) is 0 Å². The molecule has 2 nitrogen and oxygen atoms in total. The molecule has 0 aliphatic heterocycles. The number of aryl methyl sites for hydroxylation is 1. The van der Waals surface area contributed by atoms with Gasteiger partial charge in [-0.15, -0.1) is 0 Å². The van der Waals surface area contributed by atoms with E-state index in [0.717, 1.165) is 38.2 Å². The van der Waals surface area contributed by atoms with Crippen molar-refractivity contribution in [3.8, 4) is 5.75 Å². The van der Waals surface area contributed by atoms with Gasteiger partial charge < -0.3 is 10.1 Å². The Kier molecular flexibility index (Phi) is 10.7. The van der Waals surface area contributed by atoms with Crippen LogP contribution in [-0.4, -0.2) is 13.2 Å². The molecular formula is C25H37NO. The molecule has 148 valence electrons. The van der Waals surface area contributed by atoms with Crippen LogP contribution in [0.3, 0.4) is 0 Å². The molecule has 0 saturated carbocycles. The molecule has 0 bridgehead atoms. The van der Waals surface area contributed by atoms with Gasteiger partial charge in [-0.2, -0.15) is 0 Å². The van der Waals surface area contributed by atoms with Gasteiger partial charge in [-0.3, -0.25) is 0 Å². The zero-order valence-electron chi connectivity index (χ0n) is 17.3. The van der Waals surface area contributed by atoms with Gasteiger partial charge in [0.05, 0.1) is 6.61 Å². The summed E-state index contributed by atoms with van der Waals surface area (Å²) in [5.74, 6) is 1.04. The molecule has 0 fully saturated rings. The fourth-order valence-electron chi connectivity index (χ4n) is 3.40. The van der Waals surface area contributed by atoms with Crippen LogP contribution in [0.25, 0.3) is 0 Å². The van der Waals surface area contributed by atoms with Crippen LogP contribution in [-0.2, 0) is 6.42 Å². The highest BCUT2D eigenvalue weighted by Gasteiger charge is 2.10. The topological polar surface area (TPSA) is 21.3 Å². The molecular weight excluding hydrogens is 330 g/mol. The first-order valence-corrected chi connectivity index (χ1v) is 10.8. The number of nitrogens with one attached hydrogen (secondary N) is 1. The molecule has 0 aliphatic rings. The molecule has 0 radical (unpaired) electrons. The maximum atomic E-state index is 6.10. The average molecular weight is 368 g/mol. The van der Waals surface area contributed by atoms with Crippen molar-refractivity contribution in [3.63, 3.8) is 0 Å². The number of ether oxygens (including phenoxy) is 1. The standard InChI is InChI=1S/C25H37NO/c1-3-4-5-6-7-13-21-27-25-19-12-11-18-24(25)22(2)26-20-14-17-23-15-9-8-10-16-23/h8-12,15-16,18-19,22,26H,3-7,13-14,17,20-21H2,1-2H3. The van der Waals surface area contributed by atoms with E-state index in [2.05, 4.69) is 73.8 Å². The van der Waals surface area contributed by atoms with Gasteiger partial charge in [-0.25, -0.2) is 0 Å². The van der Waals surface area contributed by atoms with E-state index >= 15 is 0 Å². The van der Waals surface area contributed by atoms with Crippen LogP contribution >= 0.6 is 0 Å². The maximum absolute atomic E-state index is 6.10. The Morgan fingerprint density at radius 1 is 0.815 bits per heavy atom. The Morgan fingerprint density at radius 3 is 2.33 bits per heavy atom. The van der Waals surface area contributed by atoms with Crippen molar-refractivity contribution in [1.29, 1.82) is 0 Å². The fraction of sp³-hybridized carbons (Fsp3) is 0.520. The van der Waals surface area contributed by atoms with Gasteiger partial charge in [0.25, 0.3) is 0 Å². The van der Waals surface area contributed by atoms with E-state index in [-0.39, 0.29) is 0 Å². The molecule has 0 spiro atoms. The molecule has 27 heavy (non-hydrogen) atoms. The van der Waals surface area contributed by atoms with Crippen LogP contribution < -0.4 is 10.1 Å². The summed E-state index contributed by atoms with van der Waals surface area (Å²) in [6, 6.07) is 19.5. The zero-order chi connectivity index (χ0) is 19.2. The number of unbranched alkanes of at least 4 members (excludes halogenated alkanes) is 5. The van der Waals surface area contributed by atoms with Crippen molar-refractivity contribution in [3.05, 3.63) is 65.7 Å². The molecule has 2 rings (SSSR count). The summed E-state index contributed by atoms with van der Waals surface area (Å²) in [7, 11) is 0. The summed E-state index contributed by atoms with van der Waals surface area (Å²) in [6.07, 6.45) is 10.0. The van der Waals surface area contributed by atoms with Gasteiger partial charge in [0.1, 0.15) is 5.75 Å². The molecule has 0 amide bonds. The molecule has 1 atom stereocenters. The van der Waals surface area contributed by atoms with E-state index in [1.165, 1.54) is 43.2 Å². The summed E-state index contributed by atoms with van der Waals surface area (Å²) in [5.41, 5.74) is 2.68. The third-order valence-electron chi connectivity index (χ3n) is 5.08. The molecule has 0 heterocycles.